The number of carbonyl (C=O) groups excluding carboxylic acids is 2. The molecule has 5 rings (SSSR count). The van der Waals surface area contributed by atoms with Gasteiger partial charge in [0.15, 0.2) is 5.78 Å². The maximum Gasteiger partial charge on any atom is 0.410 e. The zero-order valence-electron chi connectivity index (χ0n) is 16.0. The molecular weight excluding hydrogens is 350 g/mol. The molecule has 0 spiro atoms. The van der Waals surface area contributed by atoms with Crippen LogP contribution >= 0.6 is 0 Å². The molecular formula is C24H25NO3. The van der Waals surface area contributed by atoms with Gasteiger partial charge in [-0.25, -0.2) is 4.79 Å². The van der Waals surface area contributed by atoms with Gasteiger partial charge in [-0.1, -0.05) is 42.5 Å². The number of ketones is 1. The van der Waals surface area contributed by atoms with Crippen LogP contribution in [0.4, 0.5) is 4.79 Å². The predicted molar refractivity (Wildman–Crippen MR) is 106 cm³/mol. The fourth-order valence-electron chi connectivity index (χ4n) is 5.07. The van der Waals surface area contributed by atoms with Crippen molar-refractivity contribution in [3.8, 4) is 0 Å². The fraction of sp³-hybridized carbons (Fsp3) is 0.417. The van der Waals surface area contributed by atoms with Crippen LogP contribution in [0, 0.1) is 5.92 Å². The monoisotopic (exact) mass is 375 g/mol. The molecule has 4 nitrogen and oxygen atoms in total. The molecule has 1 amide bonds. The number of amides is 1. The number of rotatable bonds is 4. The number of aryl methyl sites for hydroxylation is 2. The Labute approximate surface area is 165 Å². The molecule has 2 bridgehead atoms. The van der Waals surface area contributed by atoms with Crippen molar-refractivity contribution < 1.29 is 14.3 Å². The number of Topliss-reactive ketones (excluding diaryl/α,β-unsaturated/α-hetero) is 1. The molecule has 0 radical (unpaired) electrons. The van der Waals surface area contributed by atoms with Gasteiger partial charge in [-0.2, -0.15) is 0 Å². The van der Waals surface area contributed by atoms with Crippen LogP contribution in [-0.4, -0.2) is 28.9 Å². The van der Waals surface area contributed by atoms with Gasteiger partial charge in [0, 0.05) is 23.6 Å². The lowest BCUT2D eigenvalue weighted by molar-refractivity contribution is 0.0485. The molecule has 2 aromatic rings. The maximum atomic E-state index is 13.1. The van der Waals surface area contributed by atoms with E-state index in [9.17, 15) is 9.59 Å². The second-order valence-corrected chi connectivity index (χ2v) is 8.35. The molecule has 2 aromatic carbocycles. The highest BCUT2D eigenvalue weighted by Crippen LogP contribution is 2.40. The first-order valence-electron chi connectivity index (χ1n) is 10.3. The number of ether oxygens (including phenoxy) is 1. The lowest BCUT2D eigenvalue weighted by atomic mass is 9.81. The summed E-state index contributed by atoms with van der Waals surface area (Å²) in [6.07, 6.45) is 5.45. The molecule has 144 valence electrons. The van der Waals surface area contributed by atoms with E-state index in [0.29, 0.717) is 6.61 Å². The van der Waals surface area contributed by atoms with Gasteiger partial charge in [0.05, 0.1) is 0 Å². The molecule has 2 saturated heterocycles. The molecule has 1 aliphatic carbocycles. The summed E-state index contributed by atoms with van der Waals surface area (Å²) in [6, 6.07) is 16.2. The van der Waals surface area contributed by atoms with Gasteiger partial charge in [0.2, 0.25) is 0 Å². The van der Waals surface area contributed by atoms with Crippen LogP contribution in [0.5, 0.6) is 0 Å². The van der Waals surface area contributed by atoms with Crippen molar-refractivity contribution >= 4 is 11.9 Å². The maximum absolute atomic E-state index is 13.1. The van der Waals surface area contributed by atoms with Crippen LogP contribution in [0.2, 0.25) is 0 Å². The molecule has 2 atom stereocenters. The summed E-state index contributed by atoms with van der Waals surface area (Å²) in [6.45, 7) is 0.299. The summed E-state index contributed by atoms with van der Waals surface area (Å²) in [7, 11) is 0. The van der Waals surface area contributed by atoms with Crippen molar-refractivity contribution in [2.75, 3.05) is 0 Å². The van der Waals surface area contributed by atoms with Crippen LogP contribution in [0.15, 0.2) is 48.5 Å². The number of hydrogen-bond donors (Lipinski definition) is 0. The highest BCUT2D eigenvalue weighted by molar-refractivity contribution is 5.98. The third-order valence-corrected chi connectivity index (χ3v) is 6.67. The Balaban J connectivity index is 1.23. The van der Waals surface area contributed by atoms with Gasteiger partial charge < -0.3 is 9.64 Å². The number of nitrogens with zero attached hydrogens (tertiary/aromatic N) is 1. The normalized spacial score (nSPS) is 25.0. The molecule has 0 N–H and O–H groups in total. The van der Waals surface area contributed by atoms with Crippen molar-refractivity contribution in [2.24, 2.45) is 5.92 Å². The Hall–Kier alpha value is -2.62. The Morgan fingerprint density at radius 1 is 0.929 bits per heavy atom. The number of piperidine rings is 1. The molecule has 2 fully saturated rings. The molecule has 0 saturated carbocycles. The first-order valence-corrected chi connectivity index (χ1v) is 10.3. The van der Waals surface area contributed by atoms with E-state index in [1.165, 1.54) is 11.1 Å². The summed E-state index contributed by atoms with van der Waals surface area (Å²) < 4.78 is 5.57. The van der Waals surface area contributed by atoms with Crippen molar-refractivity contribution in [3.05, 3.63) is 70.8 Å². The molecule has 4 heteroatoms. The Kier molecular flexibility index (Phi) is 4.42. The summed E-state index contributed by atoms with van der Waals surface area (Å²) in [5, 5.41) is 0. The topological polar surface area (TPSA) is 46.6 Å². The summed E-state index contributed by atoms with van der Waals surface area (Å²) in [5.74, 6) is 0.276. The summed E-state index contributed by atoms with van der Waals surface area (Å²) >= 11 is 0. The number of carbonyl (C=O) groups is 2. The quantitative estimate of drug-likeness (QED) is 0.737. The molecule has 2 heterocycles. The molecule has 2 aliphatic heterocycles. The standard InChI is InChI=1S/C24H25NO3/c26-23(19-9-7-17-6-8-18(17)12-19)20-13-21-10-11-22(14-20)25(21)24(27)28-15-16-4-2-1-3-5-16/h1-5,7,9,12,20-22H,6,8,10-11,13-15H2. The van der Waals surface area contributed by atoms with Crippen LogP contribution in [0.3, 0.4) is 0 Å². The van der Waals surface area contributed by atoms with Crippen molar-refractivity contribution in [3.63, 3.8) is 0 Å². The van der Waals surface area contributed by atoms with E-state index in [-0.39, 0.29) is 29.9 Å². The SMILES string of the molecule is O=C(c1ccc2c(c1)CC2)C1CC2CCC(C1)N2C(=O)OCc1ccccc1. The molecule has 0 aromatic heterocycles. The largest absolute Gasteiger partial charge is 0.445 e. The smallest absolute Gasteiger partial charge is 0.410 e. The Bertz CT molecular complexity index is 893. The number of benzene rings is 2. The minimum atomic E-state index is -0.233. The van der Waals surface area contributed by atoms with Crippen LogP contribution in [0.1, 0.15) is 52.7 Å². The highest BCUT2D eigenvalue weighted by atomic mass is 16.6. The van der Waals surface area contributed by atoms with E-state index in [0.717, 1.165) is 49.7 Å². The van der Waals surface area contributed by atoms with Crippen LogP contribution in [-0.2, 0) is 24.2 Å². The third-order valence-electron chi connectivity index (χ3n) is 6.67. The van der Waals surface area contributed by atoms with Crippen molar-refractivity contribution in [2.45, 2.75) is 57.2 Å². The average molecular weight is 375 g/mol. The average Bonchev–Trinajstić information content (AvgIpc) is 2.97. The minimum absolute atomic E-state index is 0.0220. The summed E-state index contributed by atoms with van der Waals surface area (Å²) in [5.41, 5.74) is 4.56. The van der Waals surface area contributed by atoms with E-state index in [1.807, 2.05) is 41.3 Å². The first kappa shape index (κ1) is 17.5. The van der Waals surface area contributed by atoms with E-state index in [1.54, 1.807) is 0 Å². The van der Waals surface area contributed by atoms with Gasteiger partial charge in [-0.15, -0.1) is 0 Å². The minimum Gasteiger partial charge on any atom is -0.445 e. The first-order chi connectivity index (χ1) is 13.7. The van der Waals surface area contributed by atoms with Gasteiger partial charge in [-0.05, 0) is 61.3 Å². The van der Waals surface area contributed by atoms with Gasteiger partial charge >= 0.3 is 6.09 Å². The highest BCUT2D eigenvalue weighted by Gasteiger charge is 2.46. The molecule has 28 heavy (non-hydrogen) atoms. The van der Waals surface area contributed by atoms with E-state index >= 15 is 0 Å². The molecule has 2 unspecified atom stereocenters. The van der Waals surface area contributed by atoms with E-state index in [2.05, 4.69) is 12.1 Å². The third kappa shape index (κ3) is 3.11. The fourth-order valence-corrected chi connectivity index (χ4v) is 5.07. The summed E-state index contributed by atoms with van der Waals surface area (Å²) in [4.78, 5) is 27.7. The number of hydrogen-bond acceptors (Lipinski definition) is 3. The second kappa shape index (κ2) is 7.08. The van der Waals surface area contributed by atoms with Gasteiger partial charge in [0.1, 0.15) is 6.61 Å². The molecule has 3 aliphatic rings. The number of fused-ring (bicyclic) bond motifs is 3. The van der Waals surface area contributed by atoms with E-state index < -0.39 is 0 Å². The van der Waals surface area contributed by atoms with Crippen LogP contribution < -0.4 is 0 Å². The van der Waals surface area contributed by atoms with E-state index in [4.69, 9.17) is 4.74 Å². The predicted octanol–water partition coefficient (Wildman–Crippen LogP) is 4.55. The van der Waals surface area contributed by atoms with Crippen molar-refractivity contribution in [1.82, 2.24) is 4.90 Å². The van der Waals surface area contributed by atoms with Crippen LogP contribution in [0.25, 0.3) is 0 Å². The van der Waals surface area contributed by atoms with Crippen molar-refractivity contribution in [1.29, 1.82) is 0 Å². The second-order valence-electron chi connectivity index (χ2n) is 8.35. The van der Waals surface area contributed by atoms with Gasteiger partial charge in [0.25, 0.3) is 0 Å². The Morgan fingerprint density at radius 2 is 1.64 bits per heavy atom. The zero-order chi connectivity index (χ0) is 19.1. The lowest BCUT2D eigenvalue weighted by Crippen LogP contribution is -2.48. The zero-order valence-corrected chi connectivity index (χ0v) is 16.0. The van der Waals surface area contributed by atoms with Gasteiger partial charge in [-0.3, -0.25) is 4.79 Å². The Morgan fingerprint density at radius 3 is 2.29 bits per heavy atom. The lowest BCUT2D eigenvalue weighted by Gasteiger charge is -2.37.